The van der Waals surface area contributed by atoms with Crippen molar-refractivity contribution in [3.8, 4) is 0 Å². The Bertz CT molecular complexity index is 521. The maximum atomic E-state index is 13.0. The number of nitrogens with zero attached hydrogens (tertiary/aromatic N) is 3. The van der Waals surface area contributed by atoms with Gasteiger partial charge in [-0.25, -0.2) is 9.37 Å². The average molecular weight is 276 g/mol. The van der Waals surface area contributed by atoms with E-state index in [1.54, 1.807) is 6.33 Å². The van der Waals surface area contributed by atoms with E-state index in [1.807, 2.05) is 23.9 Å². The van der Waals surface area contributed by atoms with E-state index >= 15 is 0 Å². The molecule has 0 radical (unpaired) electrons. The van der Waals surface area contributed by atoms with E-state index in [0.717, 1.165) is 37.3 Å². The smallest absolute Gasteiger partial charge is 0.138 e. The van der Waals surface area contributed by atoms with Gasteiger partial charge in [0.25, 0.3) is 0 Å². The van der Waals surface area contributed by atoms with Gasteiger partial charge in [0.2, 0.25) is 0 Å². The summed E-state index contributed by atoms with van der Waals surface area (Å²) in [5.74, 6) is 1.04. The van der Waals surface area contributed by atoms with Gasteiger partial charge in [-0.2, -0.15) is 5.10 Å². The largest absolute Gasteiger partial charge is 0.319 e. The van der Waals surface area contributed by atoms with Crippen LogP contribution < -0.4 is 5.32 Å². The van der Waals surface area contributed by atoms with Crippen molar-refractivity contribution in [2.24, 2.45) is 0 Å². The Balaban J connectivity index is 2.16. The van der Waals surface area contributed by atoms with Crippen molar-refractivity contribution in [2.75, 3.05) is 13.6 Å². The molecule has 108 valence electrons. The lowest BCUT2D eigenvalue weighted by molar-refractivity contribution is 0.533. The minimum atomic E-state index is -0.203. The van der Waals surface area contributed by atoms with Gasteiger partial charge >= 0.3 is 0 Å². The lowest BCUT2D eigenvalue weighted by atomic mass is 9.95. The van der Waals surface area contributed by atoms with E-state index in [9.17, 15) is 4.39 Å². The van der Waals surface area contributed by atoms with E-state index in [1.165, 1.54) is 12.1 Å². The Morgan fingerprint density at radius 1 is 1.30 bits per heavy atom. The highest BCUT2D eigenvalue weighted by Crippen LogP contribution is 2.20. The fraction of sp³-hybridized carbons (Fsp3) is 0.467. The summed E-state index contributed by atoms with van der Waals surface area (Å²) in [5.41, 5.74) is 1.12. The molecule has 1 heterocycles. The highest BCUT2D eigenvalue weighted by atomic mass is 19.1. The van der Waals surface area contributed by atoms with Crippen LogP contribution >= 0.6 is 0 Å². The van der Waals surface area contributed by atoms with E-state index < -0.39 is 0 Å². The maximum Gasteiger partial charge on any atom is 0.138 e. The number of hydrogen-bond acceptors (Lipinski definition) is 3. The molecule has 2 aromatic rings. The van der Waals surface area contributed by atoms with Gasteiger partial charge in [-0.1, -0.05) is 19.1 Å². The fourth-order valence-electron chi connectivity index (χ4n) is 2.35. The van der Waals surface area contributed by atoms with Crippen LogP contribution in [0.4, 0.5) is 4.39 Å². The van der Waals surface area contributed by atoms with Crippen LogP contribution in [0.3, 0.4) is 0 Å². The molecule has 0 bridgehead atoms. The first-order valence-electron chi connectivity index (χ1n) is 7.01. The summed E-state index contributed by atoms with van der Waals surface area (Å²) in [4.78, 5) is 4.35. The Morgan fingerprint density at radius 3 is 2.70 bits per heavy atom. The van der Waals surface area contributed by atoms with Crippen LogP contribution in [0, 0.1) is 5.82 Å². The fourth-order valence-corrected chi connectivity index (χ4v) is 2.35. The van der Waals surface area contributed by atoms with Gasteiger partial charge in [0.05, 0.1) is 0 Å². The third-order valence-corrected chi connectivity index (χ3v) is 3.35. The molecule has 1 N–H and O–H groups in total. The predicted molar refractivity (Wildman–Crippen MR) is 77.1 cm³/mol. The third kappa shape index (κ3) is 3.63. The highest BCUT2D eigenvalue weighted by molar-refractivity contribution is 5.22. The average Bonchev–Trinajstić information content (AvgIpc) is 2.87. The molecular formula is C15H21FN4. The van der Waals surface area contributed by atoms with Crippen molar-refractivity contribution < 1.29 is 4.39 Å². The first-order valence-corrected chi connectivity index (χ1v) is 7.01. The maximum absolute atomic E-state index is 13.0. The topological polar surface area (TPSA) is 42.7 Å². The van der Waals surface area contributed by atoms with E-state index in [-0.39, 0.29) is 11.7 Å². The lowest BCUT2D eigenvalue weighted by Gasteiger charge is -2.17. The van der Waals surface area contributed by atoms with Crippen molar-refractivity contribution in [2.45, 2.75) is 32.2 Å². The number of hydrogen-bond donors (Lipinski definition) is 1. The van der Waals surface area contributed by atoms with Crippen molar-refractivity contribution >= 4 is 0 Å². The Morgan fingerprint density at radius 2 is 2.05 bits per heavy atom. The van der Waals surface area contributed by atoms with Crippen LogP contribution in [0.1, 0.15) is 30.7 Å². The number of rotatable bonds is 7. The molecule has 1 atom stereocenters. The number of nitrogens with one attached hydrogen (secondary N) is 1. The first kappa shape index (κ1) is 14.7. The lowest BCUT2D eigenvalue weighted by Crippen LogP contribution is -2.21. The second-order valence-corrected chi connectivity index (χ2v) is 4.91. The zero-order valence-electron chi connectivity index (χ0n) is 12.0. The molecule has 0 amide bonds. The molecule has 0 fully saturated rings. The van der Waals surface area contributed by atoms with Gasteiger partial charge in [0, 0.05) is 25.4 Å². The molecule has 2 rings (SSSR count). The van der Waals surface area contributed by atoms with E-state index in [0.29, 0.717) is 0 Å². The van der Waals surface area contributed by atoms with Crippen LogP contribution in [0.15, 0.2) is 30.6 Å². The molecular weight excluding hydrogens is 255 g/mol. The van der Waals surface area contributed by atoms with Gasteiger partial charge in [0.15, 0.2) is 0 Å². The van der Waals surface area contributed by atoms with Crippen LogP contribution in [-0.4, -0.2) is 28.4 Å². The molecule has 5 heteroatoms. The normalized spacial score (nSPS) is 12.6. The molecule has 1 unspecified atom stereocenters. The first-order chi connectivity index (χ1) is 9.74. The molecule has 0 saturated carbocycles. The van der Waals surface area contributed by atoms with Crippen LogP contribution in [-0.2, 0) is 13.0 Å². The molecule has 0 aliphatic heterocycles. The van der Waals surface area contributed by atoms with Gasteiger partial charge in [-0.3, -0.25) is 4.68 Å². The zero-order chi connectivity index (χ0) is 14.4. The second-order valence-electron chi connectivity index (χ2n) is 4.91. The molecule has 4 nitrogen and oxygen atoms in total. The molecule has 0 aliphatic carbocycles. The number of likely N-dealkylation sites (N-methyl/N-ethyl adjacent to an activating group) is 1. The summed E-state index contributed by atoms with van der Waals surface area (Å²) in [6.45, 7) is 3.83. The van der Waals surface area contributed by atoms with Gasteiger partial charge in [-0.15, -0.1) is 0 Å². The number of benzene rings is 1. The minimum absolute atomic E-state index is 0.203. The third-order valence-electron chi connectivity index (χ3n) is 3.35. The highest BCUT2D eigenvalue weighted by Gasteiger charge is 2.15. The molecule has 1 aromatic carbocycles. The Labute approximate surface area is 119 Å². The summed E-state index contributed by atoms with van der Waals surface area (Å²) in [6, 6.07) is 6.71. The Hall–Kier alpha value is -1.75. The van der Waals surface area contributed by atoms with Crippen molar-refractivity contribution in [1.29, 1.82) is 0 Å². The molecule has 0 aliphatic rings. The summed E-state index contributed by atoms with van der Waals surface area (Å²) >= 11 is 0. The van der Waals surface area contributed by atoms with E-state index in [2.05, 4.69) is 22.3 Å². The van der Waals surface area contributed by atoms with Crippen LogP contribution in [0.2, 0.25) is 0 Å². The second kappa shape index (κ2) is 7.14. The molecule has 0 spiro atoms. The zero-order valence-corrected chi connectivity index (χ0v) is 12.0. The monoisotopic (exact) mass is 276 g/mol. The number of aryl methyl sites for hydroxylation is 1. The summed E-state index contributed by atoms with van der Waals surface area (Å²) in [7, 11) is 1.92. The van der Waals surface area contributed by atoms with Gasteiger partial charge < -0.3 is 5.32 Å². The summed E-state index contributed by atoms with van der Waals surface area (Å²) < 4.78 is 15.0. The molecule has 1 aromatic heterocycles. The minimum Gasteiger partial charge on any atom is -0.319 e. The van der Waals surface area contributed by atoms with Crippen molar-refractivity contribution in [3.63, 3.8) is 0 Å². The van der Waals surface area contributed by atoms with Crippen LogP contribution in [0.25, 0.3) is 0 Å². The predicted octanol–water partition coefficient (Wildman–Crippen LogP) is 2.37. The van der Waals surface area contributed by atoms with Crippen molar-refractivity contribution in [1.82, 2.24) is 20.1 Å². The summed E-state index contributed by atoms with van der Waals surface area (Å²) in [5, 5.41) is 7.45. The standard InChI is InChI=1S/C15H21FN4/c1-3-8-20-15(18-11-19-20)9-13(10-17-2)12-4-6-14(16)7-5-12/h4-7,11,13,17H,3,8-10H2,1-2H3. The summed E-state index contributed by atoms with van der Waals surface area (Å²) in [6.07, 6.45) is 3.43. The molecule has 0 saturated heterocycles. The van der Waals surface area contributed by atoms with Crippen LogP contribution in [0.5, 0.6) is 0 Å². The SMILES string of the molecule is CCCn1ncnc1CC(CNC)c1ccc(F)cc1. The van der Waals surface area contributed by atoms with Gasteiger partial charge in [0.1, 0.15) is 18.0 Å². The van der Waals surface area contributed by atoms with E-state index in [4.69, 9.17) is 0 Å². The number of halogens is 1. The number of aromatic nitrogens is 3. The Kier molecular flexibility index (Phi) is 5.24. The molecule has 20 heavy (non-hydrogen) atoms. The van der Waals surface area contributed by atoms with Gasteiger partial charge in [-0.05, 0) is 31.2 Å². The van der Waals surface area contributed by atoms with Crippen molar-refractivity contribution in [3.05, 3.63) is 47.8 Å². The quantitative estimate of drug-likeness (QED) is 0.844.